The molecule has 1 amide bonds. The maximum Gasteiger partial charge on any atom is 0.229 e. The van der Waals surface area contributed by atoms with Gasteiger partial charge in [0.1, 0.15) is 22.8 Å². The number of ether oxygens (including phenoxy) is 1. The summed E-state index contributed by atoms with van der Waals surface area (Å²) in [4.78, 5) is 25.5. The summed E-state index contributed by atoms with van der Waals surface area (Å²) < 4.78 is 26.0. The molecule has 9 heteroatoms. The van der Waals surface area contributed by atoms with E-state index in [1.807, 2.05) is 6.92 Å². The van der Waals surface area contributed by atoms with Crippen molar-refractivity contribution in [1.82, 2.24) is 15.0 Å². The largest absolute Gasteiger partial charge is 0.436 e. The molecule has 0 bridgehead atoms. The quantitative estimate of drug-likeness (QED) is 0.488. The molecule has 2 fully saturated rings. The third-order valence-electron chi connectivity index (χ3n) is 6.38. The van der Waals surface area contributed by atoms with Gasteiger partial charge in [-0.15, -0.1) is 0 Å². The van der Waals surface area contributed by atoms with E-state index >= 15 is 0 Å². The number of amides is 1. The van der Waals surface area contributed by atoms with Gasteiger partial charge in [0.15, 0.2) is 5.58 Å². The molecular formula is C24H21FN4O4. The van der Waals surface area contributed by atoms with E-state index in [1.165, 1.54) is 12.1 Å². The molecule has 1 saturated heterocycles. The number of aryl methyl sites for hydroxylation is 1. The number of rotatable bonds is 4. The smallest absolute Gasteiger partial charge is 0.229 e. The van der Waals surface area contributed by atoms with Crippen molar-refractivity contribution in [3.63, 3.8) is 0 Å². The van der Waals surface area contributed by atoms with Gasteiger partial charge in [0.2, 0.25) is 11.8 Å². The molecule has 4 heterocycles. The first-order valence-electron chi connectivity index (χ1n) is 10.9. The maximum atomic E-state index is 14.8. The SMILES string of the molecule is Cc1ncc(-c2nc3cc([C@@]4(O)CCOC4)c(F)cc3o2)c2cc(NC(=O)C3CC3)ncc12. The average molecular weight is 448 g/mol. The van der Waals surface area contributed by atoms with Crippen molar-refractivity contribution in [2.24, 2.45) is 5.92 Å². The van der Waals surface area contributed by atoms with Crippen LogP contribution in [0.2, 0.25) is 0 Å². The maximum absolute atomic E-state index is 14.8. The molecule has 33 heavy (non-hydrogen) atoms. The molecule has 2 aliphatic rings. The number of carbonyl (C=O) groups excluding carboxylic acids is 1. The number of nitrogens with zero attached hydrogens (tertiary/aromatic N) is 3. The van der Waals surface area contributed by atoms with E-state index in [-0.39, 0.29) is 35.5 Å². The Labute approximate surface area is 187 Å². The normalized spacial score (nSPS) is 20.6. The Morgan fingerprint density at radius 3 is 2.82 bits per heavy atom. The number of carbonyl (C=O) groups is 1. The highest BCUT2D eigenvalue weighted by Crippen LogP contribution is 2.37. The number of aliphatic hydroxyl groups is 1. The summed E-state index contributed by atoms with van der Waals surface area (Å²) >= 11 is 0. The first-order valence-corrected chi connectivity index (χ1v) is 10.9. The van der Waals surface area contributed by atoms with Crippen LogP contribution >= 0.6 is 0 Å². The van der Waals surface area contributed by atoms with Crippen LogP contribution in [0.4, 0.5) is 10.2 Å². The lowest BCUT2D eigenvalue weighted by Crippen LogP contribution is -2.27. The highest BCUT2D eigenvalue weighted by atomic mass is 19.1. The fraction of sp³-hybridized carbons (Fsp3) is 0.333. The number of anilines is 1. The first kappa shape index (κ1) is 20.2. The van der Waals surface area contributed by atoms with Crippen LogP contribution in [0, 0.1) is 18.7 Å². The van der Waals surface area contributed by atoms with E-state index < -0.39 is 11.4 Å². The van der Waals surface area contributed by atoms with E-state index in [4.69, 9.17) is 9.15 Å². The van der Waals surface area contributed by atoms with Crippen LogP contribution in [-0.4, -0.2) is 39.2 Å². The zero-order valence-corrected chi connectivity index (χ0v) is 17.9. The molecule has 3 aromatic heterocycles. The zero-order chi connectivity index (χ0) is 22.7. The summed E-state index contributed by atoms with van der Waals surface area (Å²) in [6.45, 7) is 2.27. The average Bonchev–Trinajstić information content (AvgIpc) is 3.43. The summed E-state index contributed by atoms with van der Waals surface area (Å²) in [6.07, 6.45) is 5.42. The van der Waals surface area contributed by atoms with Crippen molar-refractivity contribution in [1.29, 1.82) is 0 Å². The third-order valence-corrected chi connectivity index (χ3v) is 6.38. The number of hydrogen-bond acceptors (Lipinski definition) is 7. The van der Waals surface area contributed by atoms with Gasteiger partial charge in [-0.25, -0.2) is 14.4 Å². The van der Waals surface area contributed by atoms with E-state index in [0.29, 0.717) is 29.9 Å². The van der Waals surface area contributed by atoms with Crippen molar-refractivity contribution in [2.75, 3.05) is 18.5 Å². The van der Waals surface area contributed by atoms with Crippen LogP contribution in [-0.2, 0) is 15.1 Å². The van der Waals surface area contributed by atoms with Crippen LogP contribution in [0.1, 0.15) is 30.5 Å². The van der Waals surface area contributed by atoms with Gasteiger partial charge in [-0.3, -0.25) is 9.78 Å². The van der Waals surface area contributed by atoms with Crippen molar-refractivity contribution in [3.8, 4) is 11.5 Å². The molecule has 1 aliphatic carbocycles. The van der Waals surface area contributed by atoms with Crippen LogP contribution in [0.5, 0.6) is 0 Å². The Morgan fingerprint density at radius 1 is 1.21 bits per heavy atom. The second-order valence-corrected chi connectivity index (χ2v) is 8.79. The molecule has 168 valence electrons. The predicted molar refractivity (Wildman–Crippen MR) is 118 cm³/mol. The Morgan fingerprint density at radius 2 is 2.06 bits per heavy atom. The fourth-order valence-electron chi connectivity index (χ4n) is 4.27. The molecule has 6 rings (SSSR count). The lowest BCUT2D eigenvalue weighted by Gasteiger charge is -2.21. The molecule has 0 spiro atoms. The highest BCUT2D eigenvalue weighted by Gasteiger charge is 2.37. The van der Waals surface area contributed by atoms with Crippen LogP contribution in [0.15, 0.2) is 35.0 Å². The van der Waals surface area contributed by atoms with Gasteiger partial charge in [-0.2, -0.15) is 0 Å². The topological polar surface area (TPSA) is 110 Å². The first-order chi connectivity index (χ1) is 15.9. The number of pyridine rings is 2. The van der Waals surface area contributed by atoms with Crippen LogP contribution < -0.4 is 5.32 Å². The van der Waals surface area contributed by atoms with Gasteiger partial charge in [0, 0.05) is 59.4 Å². The van der Waals surface area contributed by atoms with Gasteiger partial charge in [-0.05, 0) is 31.9 Å². The monoisotopic (exact) mass is 448 g/mol. The second kappa shape index (κ2) is 7.29. The summed E-state index contributed by atoms with van der Waals surface area (Å²) in [5.41, 5.74) is 0.824. The molecule has 1 saturated carbocycles. The standard InChI is InChI=1S/C24H21FN4O4/c1-12-15-9-27-21(29-22(30)13-2-3-13)6-14(15)16(10-26-12)23-28-19-7-17(18(25)8-20(19)33-23)24(31)4-5-32-11-24/h6-10,13,31H,2-5,11H2,1H3,(H,27,29,30)/t24-/m1/s1. The summed E-state index contributed by atoms with van der Waals surface area (Å²) in [7, 11) is 0. The minimum absolute atomic E-state index is 0.0344. The molecule has 1 atom stereocenters. The Hall–Kier alpha value is -3.43. The van der Waals surface area contributed by atoms with Crippen LogP contribution in [0.3, 0.4) is 0 Å². The lowest BCUT2D eigenvalue weighted by molar-refractivity contribution is -0.117. The molecule has 8 nitrogen and oxygen atoms in total. The van der Waals surface area contributed by atoms with Gasteiger partial charge in [-0.1, -0.05) is 0 Å². The summed E-state index contributed by atoms with van der Waals surface area (Å²) in [5, 5.41) is 15.2. The Bertz CT molecular complexity index is 1420. The van der Waals surface area contributed by atoms with Gasteiger partial charge in [0.05, 0.1) is 12.2 Å². The van der Waals surface area contributed by atoms with Gasteiger partial charge >= 0.3 is 0 Å². The van der Waals surface area contributed by atoms with E-state index in [0.717, 1.165) is 29.3 Å². The molecular weight excluding hydrogens is 427 g/mol. The minimum atomic E-state index is -1.38. The number of oxazole rings is 1. The van der Waals surface area contributed by atoms with E-state index in [2.05, 4.69) is 20.3 Å². The van der Waals surface area contributed by atoms with Crippen molar-refractivity contribution in [3.05, 3.63) is 47.7 Å². The van der Waals surface area contributed by atoms with E-state index in [1.54, 1.807) is 18.5 Å². The van der Waals surface area contributed by atoms with Crippen molar-refractivity contribution in [2.45, 2.75) is 31.8 Å². The molecule has 1 aliphatic heterocycles. The van der Waals surface area contributed by atoms with Crippen molar-refractivity contribution >= 4 is 33.6 Å². The predicted octanol–water partition coefficient (Wildman–Crippen LogP) is 3.84. The highest BCUT2D eigenvalue weighted by molar-refractivity contribution is 6.00. The van der Waals surface area contributed by atoms with E-state index in [9.17, 15) is 14.3 Å². The third kappa shape index (κ3) is 3.44. The number of nitrogens with one attached hydrogen (secondary N) is 1. The molecule has 0 unspecified atom stereocenters. The number of halogens is 1. The van der Waals surface area contributed by atoms with Gasteiger partial charge in [0.25, 0.3) is 0 Å². The summed E-state index contributed by atoms with van der Waals surface area (Å²) in [5.74, 6) is 0.160. The number of hydrogen-bond donors (Lipinski definition) is 2. The molecule has 4 aromatic rings. The summed E-state index contributed by atoms with van der Waals surface area (Å²) in [6, 6.07) is 4.53. The molecule has 0 radical (unpaired) electrons. The second-order valence-electron chi connectivity index (χ2n) is 8.79. The zero-order valence-electron chi connectivity index (χ0n) is 17.9. The van der Waals surface area contributed by atoms with Crippen molar-refractivity contribution < 1.29 is 23.4 Å². The minimum Gasteiger partial charge on any atom is -0.436 e. The number of benzene rings is 1. The lowest BCUT2D eigenvalue weighted by atomic mass is 9.92. The fourth-order valence-corrected chi connectivity index (χ4v) is 4.27. The Kier molecular flexibility index (Phi) is 4.46. The van der Waals surface area contributed by atoms with Gasteiger partial charge < -0.3 is 19.6 Å². The number of aromatic nitrogens is 3. The molecule has 2 N–H and O–H groups in total. The Balaban J connectivity index is 1.45. The van der Waals surface area contributed by atoms with Crippen LogP contribution in [0.25, 0.3) is 33.3 Å². The molecule has 1 aromatic carbocycles. The number of fused-ring (bicyclic) bond motifs is 2.